The van der Waals surface area contributed by atoms with Crippen LogP contribution in [0.1, 0.15) is 34.0 Å². The first kappa shape index (κ1) is 16.0. The molecule has 0 atom stereocenters. The molecule has 0 unspecified atom stereocenters. The van der Waals surface area contributed by atoms with E-state index in [1.165, 1.54) is 27.5 Å². The van der Waals surface area contributed by atoms with Gasteiger partial charge >= 0.3 is 0 Å². The van der Waals surface area contributed by atoms with Gasteiger partial charge in [0.1, 0.15) is 0 Å². The van der Waals surface area contributed by atoms with Crippen LogP contribution in [-0.2, 0) is 0 Å². The highest BCUT2D eigenvalue weighted by Crippen LogP contribution is 2.38. The molecule has 0 radical (unpaired) electrons. The second-order valence-corrected chi connectivity index (χ2v) is 7.12. The second kappa shape index (κ2) is 6.17. The van der Waals surface area contributed by atoms with Crippen molar-refractivity contribution in [2.24, 2.45) is 0 Å². The Kier molecular flexibility index (Phi) is 3.64. The van der Waals surface area contributed by atoms with Gasteiger partial charge in [-0.3, -0.25) is 0 Å². The number of para-hydroxylation sites is 2. The van der Waals surface area contributed by atoms with E-state index >= 15 is 0 Å². The van der Waals surface area contributed by atoms with Crippen LogP contribution in [0.2, 0.25) is 0 Å². The van der Waals surface area contributed by atoms with Gasteiger partial charge < -0.3 is 9.97 Å². The highest BCUT2D eigenvalue weighted by Gasteiger charge is 2.15. The van der Waals surface area contributed by atoms with Crippen molar-refractivity contribution in [1.82, 2.24) is 9.97 Å². The van der Waals surface area contributed by atoms with Crippen molar-refractivity contribution in [1.29, 1.82) is 0 Å². The highest BCUT2D eigenvalue weighted by atomic mass is 14.8. The molecule has 2 heteroatoms. The van der Waals surface area contributed by atoms with Crippen LogP contribution in [0.25, 0.3) is 21.8 Å². The molecule has 3 aromatic carbocycles. The molecule has 0 N–H and O–H groups in total. The number of aryl methyl sites for hydroxylation is 2. The molecule has 0 saturated heterocycles. The van der Waals surface area contributed by atoms with Gasteiger partial charge in [-0.25, -0.2) is 0 Å². The summed E-state index contributed by atoms with van der Waals surface area (Å²) < 4.78 is 0. The summed E-state index contributed by atoms with van der Waals surface area (Å²) in [6.45, 7) is 4.36. The monoisotopic (exact) mass is 348 g/mol. The number of benzene rings is 3. The van der Waals surface area contributed by atoms with E-state index in [0.717, 1.165) is 22.4 Å². The molecule has 0 fully saturated rings. The molecule has 0 saturated carbocycles. The van der Waals surface area contributed by atoms with Crippen molar-refractivity contribution in [3.63, 3.8) is 0 Å². The second-order valence-electron chi connectivity index (χ2n) is 7.12. The fourth-order valence-corrected chi connectivity index (χ4v) is 4.13. The van der Waals surface area contributed by atoms with Crippen LogP contribution < -0.4 is 9.97 Å². The molecule has 27 heavy (non-hydrogen) atoms. The number of fused-ring (bicyclic) bond motifs is 2. The summed E-state index contributed by atoms with van der Waals surface area (Å²) >= 11 is 0. The number of aromatic nitrogens is 2. The molecule has 2 aromatic heterocycles. The third-order valence-electron chi connectivity index (χ3n) is 5.55. The minimum atomic E-state index is 0.0333. The average molecular weight is 348 g/mol. The smallest absolute Gasteiger partial charge is 0.00614 e. The Labute approximate surface area is 158 Å². The molecular weight excluding hydrogens is 328 g/mol. The first-order valence-corrected chi connectivity index (χ1v) is 9.33. The van der Waals surface area contributed by atoms with Crippen LogP contribution in [0, 0.1) is 13.8 Å². The first-order valence-electron chi connectivity index (χ1n) is 9.33. The average Bonchev–Trinajstić information content (AvgIpc) is 3.22. The molecule has 2 heterocycles. The Morgan fingerprint density at radius 2 is 1.00 bits per heavy atom. The van der Waals surface area contributed by atoms with Gasteiger partial charge in [0.05, 0.1) is 0 Å². The summed E-state index contributed by atoms with van der Waals surface area (Å²) in [5.41, 5.74) is 8.03. The van der Waals surface area contributed by atoms with E-state index < -0.39 is 0 Å². The molecule has 2 nitrogen and oxygen atoms in total. The summed E-state index contributed by atoms with van der Waals surface area (Å²) in [5.74, 6) is 0.0333. The summed E-state index contributed by atoms with van der Waals surface area (Å²) in [6.07, 6.45) is 0. The first-order chi connectivity index (χ1) is 13.2. The van der Waals surface area contributed by atoms with Crippen molar-refractivity contribution < 1.29 is 0 Å². The highest BCUT2D eigenvalue weighted by molar-refractivity contribution is 5.87. The fraction of sp³-hybridized carbons (Fsp3) is 0.120. The lowest BCUT2D eigenvalue weighted by molar-refractivity contribution is 0.876. The van der Waals surface area contributed by atoms with Gasteiger partial charge in [0.2, 0.25) is 0 Å². The molecular formula is C25H20N2-2. The van der Waals surface area contributed by atoms with E-state index in [-0.39, 0.29) is 5.92 Å². The molecule has 0 aliphatic carbocycles. The van der Waals surface area contributed by atoms with E-state index in [1.807, 2.05) is 0 Å². The van der Waals surface area contributed by atoms with E-state index in [4.69, 9.17) is 9.97 Å². The minimum absolute atomic E-state index is 0.0333. The van der Waals surface area contributed by atoms with Gasteiger partial charge in [-0.15, -0.1) is 22.4 Å². The number of hydrogen-bond donors (Lipinski definition) is 0. The number of rotatable bonds is 3. The van der Waals surface area contributed by atoms with Crippen LogP contribution in [0.4, 0.5) is 0 Å². The number of nitrogens with zero attached hydrogens (tertiary/aromatic N) is 2. The Hall–Kier alpha value is -3.26. The van der Waals surface area contributed by atoms with Crippen molar-refractivity contribution in [3.8, 4) is 0 Å². The maximum atomic E-state index is 5.04. The fourth-order valence-electron chi connectivity index (χ4n) is 4.13. The lowest BCUT2D eigenvalue weighted by Gasteiger charge is -2.29. The van der Waals surface area contributed by atoms with Gasteiger partial charge in [-0.05, 0) is 36.1 Å². The zero-order chi connectivity index (χ0) is 18.4. The SMILES string of the molecule is Cc1c(C(c2ccccc2)c2[n-]c3ccccc3c2C)[n-]c2ccccc12. The van der Waals surface area contributed by atoms with Crippen LogP contribution in [-0.4, -0.2) is 0 Å². The standard InChI is InChI=1S/C25H20N2/c1-16-19-12-6-8-14-21(19)26-24(16)23(18-10-4-3-5-11-18)25-17(2)20-13-7-9-15-22(20)27-25/h3-15,23H,1-2H3/q-2. The predicted octanol–water partition coefficient (Wildman–Crippen LogP) is 5.70. The zero-order valence-corrected chi connectivity index (χ0v) is 15.5. The normalized spacial score (nSPS) is 11.7. The quantitative estimate of drug-likeness (QED) is 0.418. The number of hydrogen-bond acceptors (Lipinski definition) is 0. The van der Waals surface area contributed by atoms with Crippen LogP contribution in [0.5, 0.6) is 0 Å². The van der Waals surface area contributed by atoms with Crippen molar-refractivity contribution >= 4 is 21.8 Å². The Bertz CT molecular complexity index is 1160. The molecule has 0 spiro atoms. The molecule has 0 aliphatic heterocycles. The zero-order valence-electron chi connectivity index (χ0n) is 15.5. The van der Waals surface area contributed by atoms with E-state index in [2.05, 4.69) is 92.7 Å². The molecule has 132 valence electrons. The van der Waals surface area contributed by atoms with Crippen molar-refractivity contribution in [2.45, 2.75) is 19.8 Å². The molecule has 0 aliphatic rings. The van der Waals surface area contributed by atoms with E-state index in [1.54, 1.807) is 0 Å². The van der Waals surface area contributed by atoms with Gasteiger partial charge in [0.15, 0.2) is 0 Å². The van der Waals surface area contributed by atoms with Crippen LogP contribution in [0.3, 0.4) is 0 Å². The Morgan fingerprint density at radius 1 is 0.556 bits per heavy atom. The van der Waals surface area contributed by atoms with Crippen LogP contribution >= 0.6 is 0 Å². The molecule has 0 amide bonds. The molecule has 0 bridgehead atoms. The Balaban J connectivity index is 1.81. The van der Waals surface area contributed by atoms with Crippen LogP contribution in [0.15, 0.2) is 78.9 Å². The third kappa shape index (κ3) is 2.48. The van der Waals surface area contributed by atoms with Gasteiger partial charge in [0, 0.05) is 0 Å². The third-order valence-corrected chi connectivity index (χ3v) is 5.55. The summed E-state index contributed by atoms with van der Waals surface area (Å²) in [7, 11) is 0. The van der Waals surface area contributed by atoms with Gasteiger partial charge in [-0.2, -0.15) is 0 Å². The molecule has 5 rings (SSSR count). The summed E-state index contributed by atoms with van der Waals surface area (Å²) in [4.78, 5) is 10.1. The van der Waals surface area contributed by atoms with E-state index in [9.17, 15) is 0 Å². The van der Waals surface area contributed by atoms with Gasteiger partial charge in [-0.1, -0.05) is 90.0 Å². The minimum Gasteiger partial charge on any atom is -0.660 e. The molecule has 5 aromatic rings. The summed E-state index contributed by atoms with van der Waals surface area (Å²) in [5, 5.41) is 2.45. The summed E-state index contributed by atoms with van der Waals surface area (Å²) in [6, 6.07) is 27.4. The Morgan fingerprint density at radius 3 is 1.48 bits per heavy atom. The van der Waals surface area contributed by atoms with Crippen molar-refractivity contribution in [3.05, 3.63) is 107 Å². The predicted molar refractivity (Wildman–Crippen MR) is 111 cm³/mol. The lowest BCUT2D eigenvalue weighted by Crippen LogP contribution is -2.09. The topological polar surface area (TPSA) is 28.2 Å². The maximum absolute atomic E-state index is 5.04. The lowest BCUT2D eigenvalue weighted by atomic mass is 9.88. The maximum Gasteiger partial charge on any atom is -0.00614 e. The van der Waals surface area contributed by atoms with Crippen molar-refractivity contribution in [2.75, 3.05) is 0 Å². The largest absolute Gasteiger partial charge is 0.660 e. The van der Waals surface area contributed by atoms with E-state index in [0.29, 0.717) is 0 Å². The van der Waals surface area contributed by atoms with Gasteiger partial charge in [0.25, 0.3) is 0 Å².